The van der Waals surface area contributed by atoms with Crippen molar-refractivity contribution in [3.8, 4) is 0 Å². The van der Waals surface area contributed by atoms with Crippen LogP contribution < -0.4 is 0 Å². The van der Waals surface area contributed by atoms with E-state index in [0.29, 0.717) is 13.0 Å². The molecule has 194 valence electrons. The molecule has 1 saturated heterocycles. The minimum atomic E-state index is -1.14. The Balaban J connectivity index is 1.94. The van der Waals surface area contributed by atoms with Crippen LogP contribution in [0.2, 0.25) is 0 Å². The lowest BCUT2D eigenvalue weighted by atomic mass is 10.0. The molecular formula is C28H37N3O5. The third-order valence-electron chi connectivity index (χ3n) is 5.87. The van der Waals surface area contributed by atoms with Crippen molar-refractivity contribution in [3.05, 3.63) is 71.8 Å². The maximum absolute atomic E-state index is 14.0. The van der Waals surface area contributed by atoms with Gasteiger partial charge >= 0.3 is 12.1 Å². The molecule has 2 amide bonds. The molecule has 36 heavy (non-hydrogen) atoms. The molecule has 0 aromatic heterocycles. The molecule has 8 nitrogen and oxygen atoms in total. The van der Waals surface area contributed by atoms with Crippen LogP contribution in [0.25, 0.3) is 0 Å². The van der Waals surface area contributed by atoms with Crippen molar-refractivity contribution < 1.29 is 24.0 Å². The molecule has 2 atom stereocenters. The molecule has 1 aliphatic heterocycles. The van der Waals surface area contributed by atoms with Crippen molar-refractivity contribution in [2.45, 2.75) is 64.3 Å². The average molecular weight is 496 g/mol. The summed E-state index contributed by atoms with van der Waals surface area (Å²) in [5.74, 6) is -1.05. The standard InChI is InChI=1S/C28H37N3O5/c1-28(2,3)35-26(33)24(19-21-13-8-6-9-14-21)31(36-27(34)29(4)5)25(32)23-17-12-18-30(23)20-22-15-10-7-11-16-22/h6-11,13-16,23-24H,12,17-20H2,1-5H3/t23-,24-/m0/s1. The highest BCUT2D eigenvalue weighted by Gasteiger charge is 2.42. The van der Waals surface area contributed by atoms with Gasteiger partial charge in [0.25, 0.3) is 5.91 Å². The number of carbonyl (C=O) groups excluding carboxylic acids is 3. The lowest BCUT2D eigenvalue weighted by Crippen LogP contribution is -2.55. The molecule has 3 rings (SSSR count). The van der Waals surface area contributed by atoms with Gasteiger partial charge in [-0.05, 0) is 51.3 Å². The molecule has 8 heteroatoms. The zero-order valence-electron chi connectivity index (χ0n) is 21.8. The van der Waals surface area contributed by atoms with Crippen molar-refractivity contribution in [2.24, 2.45) is 0 Å². The van der Waals surface area contributed by atoms with Crippen LogP contribution in [0.1, 0.15) is 44.7 Å². The number of esters is 1. The van der Waals surface area contributed by atoms with Gasteiger partial charge in [0.2, 0.25) is 0 Å². The molecular weight excluding hydrogens is 458 g/mol. The molecule has 0 aliphatic carbocycles. The summed E-state index contributed by atoms with van der Waals surface area (Å²) in [7, 11) is 3.06. The predicted octanol–water partition coefficient (Wildman–Crippen LogP) is 4.05. The summed E-state index contributed by atoms with van der Waals surface area (Å²) in [6.07, 6.45) is 0.841. The zero-order chi connectivity index (χ0) is 26.3. The van der Waals surface area contributed by atoms with E-state index in [4.69, 9.17) is 9.57 Å². The number of amides is 2. The fourth-order valence-electron chi connectivity index (χ4n) is 4.16. The van der Waals surface area contributed by atoms with Gasteiger partial charge in [-0.1, -0.05) is 60.7 Å². The molecule has 0 saturated carbocycles. The fraction of sp³-hybridized carbons (Fsp3) is 0.464. The van der Waals surface area contributed by atoms with Crippen molar-refractivity contribution >= 4 is 18.0 Å². The van der Waals surface area contributed by atoms with Crippen LogP contribution in [0.3, 0.4) is 0 Å². The van der Waals surface area contributed by atoms with Crippen molar-refractivity contribution in [1.82, 2.24) is 14.9 Å². The molecule has 0 unspecified atom stereocenters. The smallest absolute Gasteiger partial charge is 0.433 e. The van der Waals surface area contributed by atoms with Gasteiger partial charge in [0.15, 0.2) is 6.04 Å². The topological polar surface area (TPSA) is 79.4 Å². The molecule has 2 aromatic rings. The number of likely N-dealkylation sites (tertiary alicyclic amines) is 1. The third kappa shape index (κ3) is 7.55. The molecule has 1 fully saturated rings. The van der Waals surface area contributed by atoms with Crippen LogP contribution >= 0.6 is 0 Å². The summed E-state index contributed by atoms with van der Waals surface area (Å²) in [4.78, 5) is 49.0. The van der Waals surface area contributed by atoms with E-state index in [1.54, 1.807) is 20.8 Å². The lowest BCUT2D eigenvalue weighted by molar-refractivity contribution is -0.198. The molecule has 0 radical (unpaired) electrons. The number of rotatable bonds is 7. The number of benzene rings is 2. The number of hydroxylamine groups is 2. The molecule has 2 aromatic carbocycles. The van der Waals surface area contributed by atoms with Gasteiger partial charge < -0.3 is 14.5 Å². The third-order valence-corrected chi connectivity index (χ3v) is 5.87. The normalized spacial score (nSPS) is 16.8. The second kappa shape index (κ2) is 12.0. The van der Waals surface area contributed by atoms with Gasteiger partial charge in [-0.3, -0.25) is 9.69 Å². The lowest BCUT2D eigenvalue weighted by Gasteiger charge is -2.34. The van der Waals surface area contributed by atoms with Gasteiger partial charge in [0.05, 0.1) is 6.04 Å². The van der Waals surface area contributed by atoms with E-state index in [0.717, 1.165) is 29.2 Å². The number of hydrogen-bond donors (Lipinski definition) is 0. The Morgan fingerprint density at radius 3 is 2.11 bits per heavy atom. The minimum absolute atomic E-state index is 0.146. The van der Waals surface area contributed by atoms with E-state index in [2.05, 4.69) is 4.90 Å². The Bertz CT molecular complexity index is 1020. The van der Waals surface area contributed by atoms with Crippen LogP contribution in [0, 0.1) is 0 Å². The molecule has 0 spiro atoms. The fourth-order valence-corrected chi connectivity index (χ4v) is 4.16. The van der Waals surface area contributed by atoms with E-state index in [1.807, 2.05) is 60.7 Å². The van der Waals surface area contributed by atoms with Crippen molar-refractivity contribution in [3.63, 3.8) is 0 Å². The van der Waals surface area contributed by atoms with Crippen LogP contribution in [-0.2, 0) is 32.1 Å². The van der Waals surface area contributed by atoms with Crippen LogP contribution in [0.5, 0.6) is 0 Å². The Morgan fingerprint density at radius 1 is 0.972 bits per heavy atom. The quantitative estimate of drug-likeness (QED) is 0.426. The van der Waals surface area contributed by atoms with Gasteiger partial charge in [-0.2, -0.15) is 5.06 Å². The number of hydrogen-bond acceptors (Lipinski definition) is 6. The van der Waals surface area contributed by atoms with E-state index in [1.165, 1.54) is 19.0 Å². The molecule has 0 N–H and O–H groups in total. The highest BCUT2D eigenvalue weighted by molar-refractivity contribution is 5.88. The van der Waals surface area contributed by atoms with Crippen LogP contribution in [0.4, 0.5) is 4.79 Å². The largest absolute Gasteiger partial charge is 0.458 e. The Kier molecular flexibility index (Phi) is 9.09. The number of carbonyl (C=O) groups is 3. The summed E-state index contributed by atoms with van der Waals surface area (Å²) in [6.45, 7) is 6.61. The average Bonchev–Trinajstić information content (AvgIpc) is 3.28. The van der Waals surface area contributed by atoms with Crippen LogP contribution in [0.15, 0.2) is 60.7 Å². The van der Waals surface area contributed by atoms with Crippen molar-refractivity contribution in [2.75, 3.05) is 20.6 Å². The SMILES string of the molecule is CN(C)C(=O)ON(C(=O)[C@@H]1CCCN1Cc1ccccc1)[C@@H](Cc1ccccc1)C(=O)OC(C)(C)C. The summed E-state index contributed by atoms with van der Waals surface area (Å²) in [5.41, 5.74) is 1.13. The predicted molar refractivity (Wildman–Crippen MR) is 137 cm³/mol. The summed E-state index contributed by atoms with van der Waals surface area (Å²) >= 11 is 0. The van der Waals surface area contributed by atoms with Crippen LogP contribution in [-0.4, -0.2) is 71.2 Å². The highest BCUT2D eigenvalue weighted by Crippen LogP contribution is 2.25. The first-order chi connectivity index (χ1) is 17.0. The maximum Gasteiger partial charge on any atom is 0.433 e. The molecule has 1 aliphatic rings. The van der Waals surface area contributed by atoms with Gasteiger partial charge in [0, 0.05) is 27.1 Å². The summed E-state index contributed by atoms with van der Waals surface area (Å²) < 4.78 is 5.68. The van der Waals surface area contributed by atoms with E-state index in [-0.39, 0.29) is 6.42 Å². The summed E-state index contributed by atoms with van der Waals surface area (Å²) in [6, 6.07) is 17.6. The van der Waals surface area contributed by atoms with E-state index < -0.39 is 35.7 Å². The highest BCUT2D eigenvalue weighted by atomic mass is 16.7. The minimum Gasteiger partial charge on any atom is -0.458 e. The number of ether oxygens (including phenoxy) is 1. The first-order valence-electron chi connectivity index (χ1n) is 12.3. The van der Waals surface area contributed by atoms with E-state index in [9.17, 15) is 14.4 Å². The second-order valence-corrected chi connectivity index (χ2v) is 10.3. The Morgan fingerprint density at radius 2 is 1.56 bits per heavy atom. The second-order valence-electron chi connectivity index (χ2n) is 10.3. The summed E-state index contributed by atoms with van der Waals surface area (Å²) in [5, 5.41) is 0.956. The van der Waals surface area contributed by atoms with Gasteiger partial charge in [-0.25, -0.2) is 9.59 Å². The molecule has 0 bridgehead atoms. The Labute approximate surface area is 213 Å². The zero-order valence-corrected chi connectivity index (χ0v) is 21.8. The van der Waals surface area contributed by atoms with Gasteiger partial charge in [-0.15, -0.1) is 0 Å². The number of nitrogens with zero attached hydrogens (tertiary/aromatic N) is 3. The van der Waals surface area contributed by atoms with Gasteiger partial charge in [0.1, 0.15) is 5.60 Å². The monoisotopic (exact) mass is 495 g/mol. The van der Waals surface area contributed by atoms with E-state index >= 15 is 0 Å². The molecule has 1 heterocycles. The maximum atomic E-state index is 14.0. The van der Waals surface area contributed by atoms with Crippen molar-refractivity contribution in [1.29, 1.82) is 0 Å². The Hall–Kier alpha value is -3.39. The first-order valence-corrected chi connectivity index (χ1v) is 12.3. The first kappa shape index (κ1) is 27.2.